The first-order valence-electron chi connectivity index (χ1n) is 4.24. The highest BCUT2D eigenvalue weighted by molar-refractivity contribution is 4.77. The molecule has 0 unspecified atom stereocenters. The van der Waals surface area contributed by atoms with E-state index in [-0.39, 0.29) is 5.92 Å². The Morgan fingerprint density at radius 3 is 2.36 bits per heavy atom. The summed E-state index contributed by atoms with van der Waals surface area (Å²) in [5, 5.41) is 0. The predicted octanol–water partition coefficient (Wildman–Crippen LogP) is 2.02. The van der Waals surface area contributed by atoms with E-state index in [0.29, 0.717) is 13.0 Å². The lowest BCUT2D eigenvalue weighted by Gasteiger charge is -2.29. The van der Waals surface area contributed by atoms with Crippen molar-refractivity contribution in [1.29, 1.82) is 0 Å². The van der Waals surface area contributed by atoms with Gasteiger partial charge in [-0.2, -0.15) is 0 Å². The van der Waals surface area contributed by atoms with Gasteiger partial charge >= 0.3 is 0 Å². The molecule has 0 saturated heterocycles. The van der Waals surface area contributed by atoms with E-state index in [1.54, 1.807) is 0 Å². The van der Waals surface area contributed by atoms with E-state index in [9.17, 15) is 8.78 Å². The molecule has 66 valence electrons. The van der Waals surface area contributed by atoms with Gasteiger partial charge in [0.2, 0.25) is 6.43 Å². The summed E-state index contributed by atoms with van der Waals surface area (Å²) >= 11 is 0. The van der Waals surface area contributed by atoms with Crippen LogP contribution in [0.25, 0.3) is 0 Å². The van der Waals surface area contributed by atoms with Gasteiger partial charge in [-0.3, -0.25) is 0 Å². The van der Waals surface area contributed by atoms with Gasteiger partial charge in [-0.25, -0.2) is 8.78 Å². The van der Waals surface area contributed by atoms with Crippen LogP contribution in [0.5, 0.6) is 0 Å². The summed E-state index contributed by atoms with van der Waals surface area (Å²) in [6.07, 6.45) is 1.42. The summed E-state index contributed by atoms with van der Waals surface area (Å²) < 4.78 is 24.6. The molecule has 1 nitrogen and oxygen atoms in total. The molecular formula is C8H15F2N. The minimum atomic E-state index is -2.16. The van der Waals surface area contributed by atoms with Gasteiger partial charge in [0, 0.05) is 5.92 Å². The lowest BCUT2D eigenvalue weighted by Crippen LogP contribution is -2.31. The van der Waals surface area contributed by atoms with E-state index in [1.165, 1.54) is 0 Å². The number of hydrogen-bond acceptors (Lipinski definition) is 1. The van der Waals surface area contributed by atoms with Gasteiger partial charge in [0.1, 0.15) is 0 Å². The highest BCUT2D eigenvalue weighted by atomic mass is 19.3. The summed E-state index contributed by atoms with van der Waals surface area (Å²) in [7, 11) is 0. The fourth-order valence-electron chi connectivity index (χ4n) is 1.86. The van der Waals surface area contributed by atoms with Crippen molar-refractivity contribution in [2.24, 2.45) is 17.6 Å². The van der Waals surface area contributed by atoms with Gasteiger partial charge in [0.15, 0.2) is 0 Å². The maximum atomic E-state index is 12.3. The van der Waals surface area contributed by atoms with Crippen LogP contribution in [0.15, 0.2) is 0 Å². The van der Waals surface area contributed by atoms with Crippen molar-refractivity contribution < 1.29 is 8.78 Å². The summed E-state index contributed by atoms with van der Waals surface area (Å²) in [5.74, 6) is -0.350. The fraction of sp³-hybridized carbons (Fsp3) is 1.00. The van der Waals surface area contributed by atoms with Crippen LogP contribution < -0.4 is 5.73 Å². The van der Waals surface area contributed by atoms with Crippen molar-refractivity contribution in [1.82, 2.24) is 0 Å². The fourth-order valence-corrected chi connectivity index (χ4v) is 1.86. The third-order valence-electron chi connectivity index (χ3n) is 2.59. The summed E-state index contributed by atoms with van der Waals surface area (Å²) in [4.78, 5) is 0. The van der Waals surface area contributed by atoms with Crippen molar-refractivity contribution in [3.63, 3.8) is 0 Å². The molecule has 1 aliphatic carbocycles. The first-order chi connectivity index (χ1) is 5.25. The van der Waals surface area contributed by atoms with Crippen LogP contribution in [0.4, 0.5) is 8.78 Å². The largest absolute Gasteiger partial charge is 0.330 e. The van der Waals surface area contributed by atoms with Gasteiger partial charge < -0.3 is 5.73 Å². The van der Waals surface area contributed by atoms with Crippen LogP contribution in [0.3, 0.4) is 0 Å². The van der Waals surface area contributed by atoms with E-state index in [0.717, 1.165) is 19.3 Å². The molecule has 2 atom stereocenters. The first-order valence-corrected chi connectivity index (χ1v) is 4.24. The molecule has 1 saturated carbocycles. The molecule has 0 aromatic heterocycles. The zero-order chi connectivity index (χ0) is 8.27. The third kappa shape index (κ3) is 2.12. The van der Waals surface area contributed by atoms with Crippen molar-refractivity contribution in [3.05, 3.63) is 0 Å². The van der Waals surface area contributed by atoms with Gasteiger partial charge in [-0.15, -0.1) is 0 Å². The zero-order valence-corrected chi connectivity index (χ0v) is 6.60. The number of hydrogen-bond donors (Lipinski definition) is 1. The maximum absolute atomic E-state index is 12.3. The number of halogens is 2. The Balaban J connectivity index is 2.44. The Kier molecular flexibility index (Phi) is 3.24. The lowest BCUT2D eigenvalue weighted by molar-refractivity contribution is 0.0240. The average Bonchev–Trinajstić information content (AvgIpc) is 2.04. The number of alkyl halides is 2. The van der Waals surface area contributed by atoms with Crippen molar-refractivity contribution in [2.45, 2.75) is 32.1 Å². The molecule has 0 heterocycles. The third-order valence-corrected chi connectivity index (χ3v) is 2.59. The van der Waals surface area contributed by atoms with Gasteiger partial charge in [-0.1, -0.05) is 12.8 Å². The van der Waals surface area contributed by atoms with E-state index in [1.807, 2.05) is 0 Å². The topological polar surface area (TPSA) is 26.0 Å². The molecule has 3 heteroatoms. The quantitative estimate of drug-likeness (QED) is 0.662. The summed E-state index contributed by atoms with van der Waals surface area (Å²) in [6, 6.07) is 0. The molecule has 0 bridgehead atoms. The monoisotopic (exact) mass is 163 g/mol. The second kappa shape index (κ2) is 4.00. The smallest absolute Gasteiger partial charge is 0.241 e. The van der Waals surface area contributed by atoms with Crippen molar-refractivity contribution in [2.75, 3.05) is 6.54 Å². The Bertz CT molecular complexity index is 117. The highest BCUT2D eigenvalue weighted by Gasteiger charge is 2.30. The van der Waals surface area contributed by atoms with Crippen LogP contribution in [0.1, 0.15) is 25.7 Å². The van der Waals surface area contributed by atoms with Gasteiger partial charge in [-0.05, 0) is 25.3 Å². The van der Waals surface area contributed by atoms with Crippen LogP contribution in [-0.4, -0.2) is 13.0 Å². The standard InChI is InChI=1S/C8H15F2N/c9-8(10)7-4-2-1-3-6(7)5-11/h6-8H,1-5,11H2/t6-,7-/m0/s1. The Morgan fingerprint density at radius 1 is 1.27 bits per heavy atom. The van der Waals surface area contributed by atoms with Gasteiger partial charge in [0.05, 0.1) is 0 Å². The molecule has 0 radical (unpaired) electrons. The van der Waals surface area contributed by atoms with Crippen molar-refractivity contribution >= 4 is 0 Å². The van der Waals surface area contributed by atoms with Crippen LogP contribution in [0, 0.1) is 11.8 Å². The van der Waals surface area contributed by atoms with E-state index < -0.39 is 12.3 Å². The highest BCUT2D eigenvalue weighted by Crippen LogP contribution is 2.33. The molecule has 0 aromatic rings. The Hall–Kier alpha value is -0.180. The molecule has 0 spiro atoms. The maximum Gasteiger partial charge on any atom is 0.241 e. The van der Waals surface area contributed by atoms with Crippen LogP contribution in [0.2, 0.25) is 0 Å². The second-order valence-corrected chi connectivity index (χ2v) is 3.28. The van der Waals surface area contributed by atoms with Crippen LogP contribution in [-0.2, 0) is 0 Å². The predicted molar refractivity (Wildman–Crippen MR) is 40.5 cm³/mol. The molecule has 1 fully saturated rings. The molecule has 2 N–H and O–H groups in total. The SMILES string of the molecule is NC[C@@H]1CCCC[C@@H]1C(F)F. The number of rotatable bonds is 2. The van der Waals surface area contributed by atoms with E-state index in [4.69, 9.17) is 5.73 Å². The van der Waals surface area contributed by atoms with Crippen LogP contribution >= 0.6 is 0 Å². The minimum Gasteiger partial charge on any atom is -0.330 e. The molecule has 0 aliphatic heterocycles. The summed E-state index contributed by atoms with van der Waals surface area (Å²) in [5.41, 5.74) is 5.40. The van der Waals surface area contributed by atoms with E-state index in [2.05, 4.69) is 0 Å². The average molecular weight is 163 g/mol. The second-order valence-electron chi connectivity index (χ2n) is 3.28. The lowest BCUT2D eigenvalue weighted by atomic mass is 9.79. The summed E-state index contributed by atoms with van der Waals surface area (Å²) in [6.45, 7) is 0.426. The minimum absolute atomic E-state index is 0.0729. The Labute approximate surface area is 66.0 Å². The molecule has 1 rings (SSSR count). The molecule has 11 heavy (non-hydrogen) atoms. The van der Waals surface area contributed by atoms with Gasteiger partial charge in [0.25, 0.3) is 0 Å². The number of nitrogens with two attached hydrogens (primary N) is 1. The van der Waals surface area contributed by atoms with Crippen molar-refractivity contribution in [3.8, 4) is 0 Å². The molecule has 1 aliphatic rings. The van der Waals surface area contributed by atoms with E-state index >= 15 is 0 Å². The Morgan fingerprint density at radius 2 is 1.91 bits per heavy atom. The first kappa shape index (κ1) is 8.91. The normalized spacial score (nSPS) is 32.7. The molecular weight excluding hydrogens is 148 g/mol. The molecule has 0 aromatic carbocycles. The molecule has 0 amide bonds. The zero-order valence-electron chi connectivity index (χ0n) is 6.60.